The van der Waals surface area contributed by atoms with Crippen LogP contribution in [-0.4, -0.2) is 7.11 Å². The van der Waals surface area contributed by atoms with Gasteiger partial charge in [-0.25, -0.2) is 4.39 Å². The summed E-state index contributed by atoms with van der Waals surface area (Å²) in [4.78, 5) is 0. The van der Waals surface area contributed by atoms with Crippen LogP contribution in [0.5, 0.6) is 0 Å². The summed E-state index contributed by atoms with van der Waals surface area (Å²) < 4.78 is 19.5. The van der Waals surface area contributed by atoms with Crippen LogP contribution in [0.4, 0.5) is 4.39 Å². The minimum atomic E-state index is -0.154. The van der Waals surface area contributed by atoms with Gasteiger partial charge in [-0.05, 0) is 57.9 Å². The first-order valence-electron chi connectivity index (χ1n) is 7.17. The highest BCUT2D eigenvalue weighted by Crippen LogP contribution is 2.31. The lowest BCUT2D eigenvalue weighted by Crippen LogP contribution is -1.99. The maximum atomic E-state index is 14.1. The fourth-order valence-corrected chi connectivity index (χ4v) is 3.64. The third kappa shape index (κ3) is 3.93. The summed E-state index contributed by atoms with van der Waals surface area (Å²) in [5, 5.41) is 0. The number of hydrogen-bond donors (Lipinski definition) is 0. The molecule has 0 saturated heterocycles. The van der Waals surface area contributed by atoms with Gasteiger partial charge in [0.1, 0.15) is 5.82 Å². The number of rotatable bonds is 6. The molecule has 5 heteroatoms. The molecule has 2 aromatic rings. The molecular formula is C17H22FOP3. The van der Waals surface area contributed by atoms with E-state index in [1.165, 1.54) is 11.1 Å². The van der Waals surface area contributed by atoms with Gasteiger partial charge in [0.05, 0.1) is 6.61 Å². The van der Waals surface area contributed by atoms with Crippen LogP contribution in [0, 0.1) is 5.82 Å². The lowest BCUT2D eigenvalue weighted by molar-refractivity contribution is 0.185. The molecule has 0 aliphatic rings. The molecule has 0 amide bonds. The van der Waals surface area contributed by atoms with Crippen LogP contribution in [0.2, 0.25) is 0 Å². The third-order valence-corrected chi connectivity index (χ3v) is 5.07. The number of hydrogen-bond acceptors (Lipinski definition) is 1. The lowest BCUT2D eigenvalue weighted by atomic mass is 9.94. The average Bonchev–Trinajstić information content (AvgIpc) is 2.54. The average molecular weight is 354 g/mol. The zero-order valence-corrected chi connectivity index (χ0v) is 16.2. The summed E-state index contributed by atoms with van der Waals surface area (Å²) in [7, 11) is 9.78. The highest BCUT2D eigenvalue weighted by molar-refractivity contribution is 7.16. The molecule has 3 atom stereocenters. The van der Waals surface area contributed by atoms with Crippen LogP contribution >= 0.6 is 27.7 Å². The van der Waals surface area contributed by atoms with E-state index in [-0.39, 0.29) is 5.82 Å². The van der Waals surface area contributed by atoms with Crippen molar-refractivity contribution in [3.8, 4) is 11.1 Å². The molecule has 0 aliphatic carbocycles. The summed E-state index contributed by atoms with van der Waals surface area (Å²) in [5.74, 6) is -0.154. The molecule has 0 heterocycles. The van der Waals surface area contributed by atoms with Crippen LogP contribution in [-0.2, 0) is 29.8 Å². The maximum absolute atomic E-state index is 14.1. The Balaban J connectivity index is 2.59. The molecular weight excluding hydrogens is 332 g/mol. The van der Waals surface area contributed by atoms with Crippen molar-refractivity contribution >= 4 is 27.7 Å². The molecule has 0 spiro atoms. The Hall–Kier alpha value is -0.380. The molecule has 0 saturated carbocycles. The van der Waals surface area contributed by atoms with Gasteiger partial charge in [-0.1, -0.05) is 24.3 Å². The fraction of sp³-hybridized carbons (Fsp3) is 0.294. The van der Waals surface area contributed by atoms with Gasteiger partial charge >= 0.3 is 0 Å². The fourth-order valence-electron chi connectivity index (χ4n) is 2.54. The van der Waals surface area contributed by atoms with Gasteiger partial charge in [-0.15, -0.1) is 27.7 Å². The van der Waals surface area contributed by atoms with Gasteiger partial charge in [0.15, 0.2) is 0 Å². The molecule has 118 valence electrons. The smallest absolute Gasteiger partial charge is 0.127 e. The Labute approximate surface area is 139 Å². The van der Waals surface area contributed by atoms with Crippen LogP contribution in [0.3, 0.4) is 0 Å². The van der Waals surface area contributed by atoms with Gasteiger partial charge in [0.2, 0.25) is 0 Å². The minimum absolute atomic E-state index is 0.154. The van der Waals surface area contributed by atoms with E-state index in [4.69, 9.17) is 4.74 Å². The Morgan fingerprint density at radius 1 is 0.864 bits per heavy atom. The summed E-state index contributed by atoms with van der Waals surface area (Å²) in [6.07, 6.45) is 2.41. The molecule has 3 unspecified atom stereocenters. The maximum Gasteiger partial charge on any atom is 0.127 e. The first kappa shape index (κ1) is 18.0. The predicted molar refractivity (Wildman–Crippen MR) is 103 cm³/mol. The van der Waals surface area contributed by atoms with E-state index in [1.807, 2.05) is 12.1 Å². The normalized spacial score (nSPS) is 11.0. The van der Waals surface area contributed by atoms with Crippen LogP contribution < -0.4 is 0 Å². The Morgan fingerprint density at radius 2 is 1.50 bits per heavy atom. The van der Waals surface area contributed by atoms with Crippen molar-refractivity contribution in [3.63, 3.8) is 0 Å². The monoisotopic (exact) mass is 354 g/mol. The summed E-state index contributed by atoms with van der Waals surface area (Å²) in [6.45, 7) is 0.525. The molecule has 22 heavy (non-hydrogen) atoms. The molecule has 0 fully saturated rings. The molecule has 0 bridgehead atoms. The van der Waals surface area contributed by atoms with Crippen molar-refractivity contribution in [3.05, 3.63) is 58.4 Å². The zero-order valence-electron chi connectivity index (χ0n) is 12.7. The van der Waals surface area contributed by atoms with Crippen molar-refractivity contribution in [2.75, 3.05) is 7.11 Å². The van der Waals surface area contributed by atoms with Crippen molar-refractivity contribution in [2.24, 2.45) is 0 Å². The molecule has 0 N–H and O–H groups in total. The van der Waals surface area contributed by atoms with E-state index >= 15 is 0 Å². The van der Waals surface area contributed by atoms with Crippen molar-refractivity contribution in [1.82, 2.24) is 0 Å². The van der Waals surface area contributed by atoms with E-state index in [2.05, 4.69) is 39.9 Å². The van der Waals surface area contributed by atoms with Gasteiger partial charge in [0, 0.05) is 7.11 Å². The van der Waals surface area contributed by atoms with Gasteiger partial charge in [-0.3, -0.25) is 0 Å². The van der Waals surface area contributed by atoms with Crippen LogP contribution in [0.1, 0.15) is 22.3 Å². The van der Waals surface area contributed by atoms with Crippen molar-refractivity contribution < 1.29 is 9.13 Å². The van der Waals surface area contributed by atoms with Gasteiger partial charge in [-0.2, -0.15) is 0 Å². The highest BCUT2D eigenvalue weighted by atomic mass is 31.0. The first-order valence-corrected chi connectivity index (χ1v) is 9.62. The third-order valence-electron chi connectivity index (χ3n) is 3.75. The molecule has 2 aromatic carbocycles. The van der Waals surface area contributed by atoms with Gasteiger partial charge in [0.25, 0.3) is 0 Å². The molecule has 0 aromatic heterocycles. The first-order chi connectivity index (χ1) is 10.6. The largest absolute Gasteiger partial charge is 0.380 e. The molecule has 2 rings (SSSR count). The van der Waals surface area contributed by atoms with E-state index < -0.39 is 0 Å². The second kappa shape index (κ2) is 8.47. The van der Waals surface area contributed by atoms with E-state index in [1.54, 1.807) is 13.2 Å². The zero-order chi connectivity index (χ0) is 16.1. The summed E-state index contributed by atoms with van der Waals surface area (Å²) in [6, 6.07) is 9.81. The Morgan fingerprint density at radius 3 is 2.05 bits per heavy atom. The minimum Gasteiger partial charge on any atom is -0.380 e. The number of ether oxygens (including phenoxy) is 1. The molecule has 0 radical (unpaired) electrons. The number of benzene rings is 2. The highest BCUT2D eigenvalue weighted by Gasteiger charge is 2.12. The Bertz CT molecular complexity index is 659. The summed E-state index contributed by atoms with van der Waals surface area (Å²) >= 11 is 0. The van der Waals surface area contributed by atoms with E-state index in [0.29, 0.717) is 12.8 Å². The summed E-state index contributed by atoms with van der Waals surface area (Å²) in [5.41, 5.74) is 6.33. The topological polar surface area (TPSA) is 9.23 Å². The second-order valence-electron chi connectivity index (χ2n) is 5.13. The molecule has 1 nitrogen and oxygen atoms in total. The second-order valence-corrected chi connectivity index (χ2v) is 6.35. The standard InChI is InChI=1S/C17H22FOP3/c1-19-7-13-4-14(9-21)15(10-22)5-16(13)11-2-3-12(8-20)17(18)6-11/h2-6H,7-10,20-22H2,1H3. The Kier molecular flexibility index (Phi) is 6.91. The number of halogens is 1. The van der Waals surface area contributed by atoms with E-state index in [0.717, 1.165) is 34.6 Å². The van der Waals surface area contributed by atoms with Crippen LogP contribution in [0.25, 0.3) is 11.1 Å². The number of methoxy groups -OCH3 is 1. The van der Waals surface area contributed by atoms with Crippen molar-refractivity contribution in [1.29, 1.82) is 0 Å². The predicted octanol–water partition coefficient (Wildman–Crippen LogP) is 4.76. The van der Waals surface area contributed by atoms with Crippen molar-refractivity contribution in [2.45, 2.75) is 25.1 Å². The SMILES string of the molecule is COCc1cc(CP)c(CP)cc1-c1ccc(CP)c(F)c1. The lowest BCUT2D eigenvalue weighted by Gasteiger charge is -2.15. The van der Waals surface area contributed by atoms with Gasteiger partial charge < -0.3 is 4.74 Å². The van der Waals surface area contributed by atoms with Crippen LogP contribution in [0.15, 0.2) is 30.3 Å². The van der Waals surface area contributed by atoms with E-state index in [9.17, 15) is 4.39 Å². The molecule has 0 aliphatic heterocycles. The quantitative estimate of drug-likeness (QED) is 0.680.